The van der Waals surface area contributed by atoms with Crippen LogP contribution in [0, 0.1) is 0 Å². The molecule has 2 aromatic carbocycles. The van der Waals surface area contributed by atoms with E-state index >= 15 is 0 Å². The lowest BCUT2D eigenvalue weighted by Crippen LogP contribution is -2.23. The average molecular weight is 215 g/mol. The van der Waals surface area contributed by atoms with E-state index in [0.29, 0.717) is 6.42 Å². The molecular weight excluding hydrogens is 202 g/mol. The predicted molar refractivity (Wildman–Crippen MR) is 62.8 cm³/mol. The summed E-state index contributed by atoms with van der Waals surface area (Å²) in [4.78, 5) is 16.0. The highest BCUT2D eigenvalue weighted by molar-refractivity contribution is 5.89. The van der Waals surface area contributed by atoms with Crippen LogP contribution in [0.3, 0.4) is 0 Å². The third-order valence-electron chi connectivity index (χ3n) is 2.45. The normalized spacial score (nSPS) is 10.3. The first-order chi connectivity index (χ1) is 7.81. The van der Waals surface area contributed by atoms with E-state index in [1.165, 1.54) is 7.11 Å². The Labute approximate surface area is 94.0 Å². The topological polar surface area (TPSA) is 38.3 Å². The molecule has 0 aliphatic carbocycles. The molecule has 0 saturated heterocycles. The molecule has 0 aliphatic heterocycles. The lowest BCUT2D eigenvalue weighted by molar-refractivity contribution is -0.130. The fraction of sp³-hybridized carbons (Fsp3) is 0.154. The van der Waals surface area contributed by atoms with Crippen molar-refractivity contribution >= 4 is 16.7 Å². The van der Waals surface area contributed by atoms with Crippen LogP contribution in [0.25, 0.3) is 10.8 Å². The highest BCUT2D eigenvalue weighted by Gasteiger charge is 2.05. The van der Waals surface area contributed by atoms with E-state index in [9.17, 15) is 4.79 Å². The van der Waals surface area contributed by atoms with Crippen molar-refractivity contribution in [3.8, 4) is 0 Å². The first-order valence-corrected chi connectivity index (χ1v) is 5.09. The fourth-order valence-electron chi connectivity index (χ4n) is 1.77. The van der Waals surface area contributed by atoms with Gasteiger partial charge in [0.15, 0.2) is 0 Å². The number of hydrogen-bond donors (Lipinski definition) is 1. The Morgan fingerprint density at radius 2 is 1.94 bits per heavy atom. The van der Waals surface area contributed by atoms with Crippen molar-refractivity contribution in [3.05, 3.63) is 48.0 Å². The molecule has 3 nitrogen and oxygen atoms in total. The molecule has 0 aliphatic rings. The second-order valence-electron chi connectivity index (χ2n) is 3.54. The summed E-state index contributed by atoms with van der Waals surface area (Å²) in [6.07, 6.45) is 0.329. The van der Waals surface area contributed by atoms with Crippen LogP contribution in [-0.2, 0) is 16.1 Å². The van der Waals surface area contributed by atoms with E-state index in [1.54, 1.807) is 0 Å². The summed E-state index contributed by atoms with van der Waals surface area (Å²) in [6, 6.07) is 14.0. The SMILES string of the molecule is CONC(=O)Cc1cccc2ccccc12. The van der Waals surface area contributed by atoms with E-state index in [2.05, 4.69) is 10.3 Å². The molecule has 0 saturated carbocycles. The third-order valence-corrected chi connectivity index (χ3v) is 2.45. The molecule has 0 spiro atoms. The molecule has 0 radical (unpaired) electrons. The van der Waals surface area contributed by atoms with Gasteiger partial charge in [0.05, 0.1) is 13.5 Å². The maximum atomic E-state index is 11.4. The van der Waals surface area contributed by atoms with Gasteiger partial charge in [-0.25, -0.2) is 5.48 Å². The maximum Gasteiger partial charge on any atom is 0.247 e. The lowest BCUT2D eigenvalue weighted by atomic mass is 10.0. The monoisotopic (exact) mass is 215 g/mol. The number of carbonyl (C=O) groups excluding carboxylic acids is 1. The van der Waals surface area contributed by atoms with Gasteiger partial charge in [-0.15, -0.1) is 0 Å². The Morgan fingerprint density at radius 3 is 2.75 bits per heavy atom. The van der Waals surface area contributed by atoms with Crippen LogP contribution in [0.5, 0.6) is 0 Å². The van der Waals surface area contributed by atoms with Crippen LogP contribution in [-0.4, -0.2) is 13.0 Å². The molecule has 0 atom stereocenters. The minimum Gasteiger partial charge on any atom is -0.277 e. The molecular formula is C13H13NO2. The van der Waals surface area contributed by atoms with Crippen LogP contribution in [0.4, 0.5) is 0 Å². The Balaban J connectivity index is 2.33. The summed E-state index contributed by atoms with van der Waals surface area (Å²) in [6.45, 7) is 0. The highest BCUT2D eigenvalue weighted by atomic mass is 16.6. The van der Waals surface area contributed by atoms with Crippen molar-refractivity contribution in [1.82, 2.24) is 5.48 Å². The third kappa shape index (κ3) is 2.20. The molecule has 0 unspecified atom stereocenters. The van der Waals surface area contributed by atoms with Gasteiger partial charge in [-0.1, -0.05) is 42.5 Å². The van der Waals surface area contributed by atoms with Crippen molar-refractivity contribution < 1.29 is 9.63 Å². The van der Waals surface area contributed by atoms with Gasteiger partial charge in [0.1, 0.15) is 0 Å². The van der Waals surface area contributed by atoms with Gasteiger partial charge in [-0.3, -0.25) is 9.63 Å². The molecule has 2 aromatic rings. The van der Waals surface area contributed by atoms with Crippen molar-refractivity contribution in [2.24, 2.45) is 0 Å². The molecule has 16 heavy (non-hydrogen) atoms. The zero-order valence-corrected chi connectivity index (χ0v) is 9.07. The molecule has 1 N–H and O–H groups in total. The summed E-state index contributed by atoms with van der Waals surface area (Å²) in [5.41, 5.74) is 3.33. The molecule has 2 rings (SSSR count). The van der Waals surface area contributed by atoms with E-state index in [-0.39, 0.29) is 5.91 Å². The number of hydroxylamine groups is 1. The van der Waals surface area contributed by atoms with Gasteiger partial charge in [0.2, 0.25) is 5.91 Å². The summed E-state index contributed by atoms with van der Waals surface area (Å²) >= 11 is 0. The smallest absolute Gasteiger partial charge is 0.247 e. The van der Waals surface area contributed by atoms with Crippen molar-refractivity contribution in [1.29, 1.82) is 0 Å². The van der Waals surface area contributed by atoms with Crippen LogP contribution in [0.2, 0.25) is 0 Å². The summed E-state index contributed by atoms with van der Waals surface area (Å²) in [5.74, 6) is -0.140. The van der Waals surface area contributed by atoms with E-state index in [4.69, 9.17) is 0 Å². The van der Waals surface area contributed by atoms with Gasteiger partial charge in [0.25, 0.3) is 0 Å². The number of carbonyl (C=O) groups is 1. The number of benzene rings is 2. The predicted octanol–water partition coefficient (Wildman–Crippen LogP) is 2.06. The van der Waals surface area contributed by atoms with Crippen LogP contribution in [0.15, 0.2) is 42.5 Å². The van der Waals surface area contributed by atoms with Gasteiger partial charge in [-0.05, 0) is 16.3 Å². The Bertz CT molecular complexity index is 503. The van der Waals surface area contributed by atoms with Crippen molar-refractivity contribution in [2.75, 3.05) is 7.11 Å². The largest absolute Gasteiger partial charge is 0.277 e. The highest BCUT2D eigenvalue weighted by Crippen LogP contribution is 2.18. The molecule has 3 heteroatoms. The van der Waals surface area contributed by atoms with Crippen molar-refractivity contribution in [3.63, 3.8) is 0 Å². The average Bonchev–Trinajstić information content (AvgIpc) is 2.30. The van der Waals surface area contributed by atoms with E-state index < -0.39 is 0 Å². The van der Waals surface area contributed by atoms with Gasteiger partial charge < -0.3 is 0 Å². The van der Waals surface area contributed by atoms with E-state index in [1.807, 2.05) is 42.5 Å². The van der Waals surface area contributed by atoms with Gasteiger partial charge >= 0.3 is 0 Å². The summed E-state index contributed by atoms with van der Waals surface area (Å²) in [5, 5.41) is 2.25. The minimum atomic E-state index is -0.140. The molecule has 0 bridgehead atoms. The molecule has 0 heterocycles. The van der Waals surface area contributed by atoms with E-state index in [0.717, 1.165) is 16.3 Å². The second-order valence-corrected chi connectivity index (χ2v) is 3.54. The zero-order valence-electron chi connectivity index (χ0n) is 9.07. The number of hydrogen-bond acceptors (Lipinski definition) is 2. The minimum absolute atomic E-state index is 0.140. The summed E-state index contributed by atoms with van der Waals surface area (Å²) in [7, 11) is 1.43. The first-order valence-electron chi connectivity index (χ1n) is 5.09. The fourth-order valence-corrected chi connectivity index (χ4v) is 1.77. The summed E-state index contributed by atoms with van der Waals surface area (Å²) < 4.78 is 0. The van der Waals surface area contributed by atoms with Gasteiger partial charge in [-0.2, -0.15) is 0 Å². The Kier molecular flexibility index (Phi) is 3.17. The lowest BCUT2D eigenvalue weighted by Gasteiger charge is -2.06. The zero-order chi connectivity index (χ0) is 11.4. The van der Waals surface area contributed by atoms with Crippen LogP contribution in [0.1, 0.15) is 5.56 Å². The van der Waals surface area contributed by atoms with Gasteiger partial charge in [0, 0.05) is 0 Å². The Morgan fingerprint density at radius 1 is 1.19 bits per heavy atom. The molecule has 82 valence electrons. The molecule has 1 amide bonds. The molecule has 0 fully saturated rings. The standard InChI is InChI=1S/C13H13NO2/c1-16-14-13(15)9-11-7-4-6-10-5-2-3-8-12(10)11/h2-8H,9H2,1H3,(H,14,15). The first kappa shape index (κ1) is 10.6. The maximum absolute atomic E-state index is 11.4. The quantitative estimate of drug-likeness (QED) is 0.796. The van der Waals surface area contributed by atoms with Crippen LogP contribution >= 0.6 is 0 Å². The number of amides is 1. The number of fused-ring (bicyclic) bond motifs is 1. The second kappa shape index (κ2) is 4.77. The van der Waals surface area contributed by atoms with Crippen LogP contribution < -0.4 is 5.48 Å². The molecule has 0 aromatic heterocycles. The number of rotatable bonds is 3. The van der Waals surface area contributed by atoms with Crippen molar-refractivity contribution in [2.45, 2.75) is 6.42 Å². The number of nitrogens with one attached hydrogen (secondary N) is 1. The Hall–Kier alpha value is -1.87.